The van der Waals surface area contributed by atoms with Crippen molar-refractivity contribution in [1.82, 2.24) is 14.9 Å². The highest BCUT2D eigenvalue weighted by Crippen LogP contribution is 2.26. The van der Waals surface area contributed by atoms with Crippen LogP contribution in [0.5, 0.6) is 11.5 Å². The van der Waals surface area contributed by atoms with Crippen molar-refractivity contribution < 1.29 is 9.84 Å². The van der Waals surface area contributed by atoms with Crippen molar-refractivity contribution >= 4 is 30.0 Å². The lowest BCUT2D eigenvalue weighted by Gasteiger charge is -2.05. The third-order valence-electron chi connectivity index (χ3n) is 3.39. The van der Waals surface area contributed by atoms with Crippen LogP contribution in [0.1, 0.15) is 12.5 Å². The van der Waals surface area contributed by atoms with Crippen LogP contribution >= 0.6 is 23.8 Å². The summed E-state index contributed by atoms with van der Waals surface area (Å²) >= 11 is 11.4. The van der Waals surface area contributed by atoms with Crippen LogP contribution in [0.4, 0.5) is 0 Å². The molecule has 0 aliphatic carbocycles. The molecular weight excluding hydrogens is 360 g/mol. The molecule has 128 valence electrons. The Balaban J connectivity index is 1.97. The molecule has 1 heterocycles. The van der Waals surface area contributed by atoms with E-state index in [0.717, 1.165) is 0 Å². The first-order chi connectivity index (χ1) is 12.1. The first kappa shape index (κ1) is 17.2. The molecule has 0 atom stereocenters. The van der Waals surface area contributed by atoms with Gasteiger partial charge >= 0.3 is 0 Å². The summed E-state index contributed by atoms with van der Waals surface area (Å²) in [7, 11) is 0. The van der Waals surface area contributed by atoms with E-state index in [9.17, 15) is 5.11 Å². The first-order valence-electron chi connectivity index (χ1n) is 7.52. The van der Waals surface area contributed by atoms with Crippen molar-refractivity contribution in [3.05, 3.63) is 57.8 Å². The molecular formula is C17H15ClN4O2S. The van der Waals surface area contributed by atoms with E-state index in [2.05, 4.69) is 15.3 Å². The lowest BCUT2D eigenvalue weighted by Crippen LogP contribution is -1.96. The monoisotopic (exact) mass is 374 g/mol. The van der Waals surface area contributed by atoms with Gasteiger partial charge in [-0.1, -0.05) is 23.7 Å². The minimum atomic E-state index is 0.0593. The van der Waals surface area contributed by atoms with Crippen molar-refractivity contribution in [3.63, 3.8) is 0 Å². The number of benzene rings is 2. The van der Waals surface area contributed by atoms with E-state index in [1.54, 1.807) is 18.2 Å². The minimum Gasteiger partial charge on any atom is -0.507 e. The van der Waals surface area contributed by atoms with Gasteiger partial charge in [0, 0.05) is 17.2 Å². The summed E-state index contributed by atoms with van der Waals surface area (Å²) < 4.78 is 7.11. The number of nitrogens with one attached hydrogen (secondary N) is 1. The van der Waals surface area contributed by atoms with Crippen molar-refractivity contribution in [2.75, 3.05) is 6.61 Å². The molecule has 0 amide bonds. The molecule has 0 saturated heterocycles. The molecule has 3 aromatic rings. The van der Waals surface area contributed by atoms with Gasteiger partial charge in [-0.15, -0.1) is 0 Å². The van der Waals surface area contributed by atoms with Gasteiger partial charge in [-0.3, -0.25) is 0 Å². The van der Waals surface area contributed by atoms with E-state index in [1.807, 2.05) is 25.1 Å². The zero-order valence-electron chi connectivity index (χ0n) is 13.3. The van der Waals surface area contributed by atoms with Crippen LogP contribution in [-0.2, 0) is 0 Å². The Hall–Kier alpha value is -2.64. The normalized spacial score (nSPS) is 11.1. The van der Waals surface area contributed by atoms with Crippen LogP contribution in [-0.4, -0.2) is 32.8 Å². The zero-order chi connectivity index (χ0) is 17.8. The predicted molar refractivity (Wildman–Crippen MR) is 100 cm³/mol. The van der Waals surface area contributed by atoms with Crippen LogP contribution in [0.25, 0.3) is 11.4 Å². The number of nitrogens with zero attached hydrogens (tertiary/aromatic N) is 3. The van der Waals surface area contributed by atoms with Gasteiger partial charge < -0.3 is 9.84 Å². The summed E-state index contributed by atoms with van der Waals surface area (Å²) in [4.78, 5) is 0. The van der Waals surface area contributed by atoms with Gasteiger partial charge in [0.2, 0.25) is 4.77 Å². The lowest BCUT2D eigenvalue weighted by molar-refractivity contribution is 0.337. The molecule has 0 bridgehead atoms. The summed E-state index contributed by atoms with van der Waals surface area (Å²) in [6.07, 6.45) is 1.50. The van der Waals surface area contributed by atoms with E-state index >= 15 is 0 Å². The van der Waals surface area contributed by atoms with Crippen molar-refractivity contribution in [2.45, 2.75) is 6.92 Å². The molecule has 0 spiro atoms. The highest BCUT2D eigenvalue weighted by atomic mass is 35.5. The van der Waals surface area contributed by atoms with Gasteiger partial charge in [0.15, 0.2) is 5.82 Å². The van der Waals surface area contributed by atoms with Gasteiger partial charge in [-0.2, -0.15) is 14.9 Å². The number of rotatable bonds is 5. The number of aromatic hydroxyl groups is 1. The van der Waals surface area contributed by atoms with Gasteiger partial charge in [-0.25, -0.2) is 5.10 Å². The summed E-state index contributed by atoms with van der Waals surface area (Å²) in [5.41, 5.74) is 1.22. The summed E-state index contributed by atoms with van der Waals surface area (Å²) in [6, 6.07) is 12.3. The SMILES string of the molecule is CCOc1ccc(/C=N/n2c(-c3ccccc3Cl)n[nH]c2=S)c(O)c1. The number of phenols is 1. The molecule has 0 radical (unpaired) electrons. The second-order valence-corrected chi connectivity index (χ2v) is 5.84. The van der Waals surface area contributed by atoms with Gasteiger partial charge in [0.1, 0.15) is 11.5 Å². The number of aromatic amines is 1. The standard InChI is InChI=1S/C17H15ClN4O2S/c1-2-24-12-8-7-11(15(23)9-12)10-19-22-16(20-21-17(22)25)13-5-3-4-6-14(13)18/h3-10,23H,2H2,1H3,(H,21,25)/b19-10+. The Kier molecular flexibility index (Phi) is 5.16. The quantitative estimate of drug-likeness (QED) is 0.517. The maximum absolute atomic E-state index is 10.1. The average molecular weight is 375 g/mol. The third-order valence-corrected chi connectivity index (χ3v) is 3.98. The molecule has 1 aromatic heterocycles. The molecule has 25 heavy (non-hydrogen) atoms. The second kappa shape index (κ2) is 7.50. The van der Waals surface area contributed by atoms with E-state index in [1.165, 1.54) is 17.0 Å². The second-order valence-electron chi connectivity index (χ2n) is 5.04. The number of aromatic nitrogens is 3. The summed E-state index contributed by atoms with van der Waals surface area (Å²) in [6.45, 7) is 2.40. The van der Waals surface area contributed by atoms with Crippen LogP contribution < -0.4 is 4.74 Å². The summed E-state index contributed by atoms with van der Waals surface area (Å²) in [5, 5.41) is 21.8. The molecule has 0 saturated carbocycles. The number of H-pyrrole nitrogens is 1. The molecule has 0 fully saturated rings. The molecule has 0 aliphatic heterocycles. The Morgan fingerprint density at radius 1 is 1.36 bits per heavy atom. The molecule has 6 nitrogen and oxygen atoms in total. The Morgan fingerprint density at radius 2 is 2.16 bits per heavy atom. The highest BCUT2D eigenvalue weighted by molar-refractivity contribution is 7.71. The molecule has 0 aliphatic rings. The van der Waals surface area contributed by atoms with E-state index in [0.29, 0.717) is 39.1 Å². The Bertz CT molecular complexity index is 981. The van der Waals surface area contributed by atoms with Gasteiger partial charge in [-0.05, 0) is 43.4 Å². The number of phenolic OH excluding ortho intramolecular Hbond substituents is 1. The maximum atomic E-state index is 10.1. The molecule has 2 aromatic carbocycles. The predicted octanol–water partition coefficient (Wildman–Crippen LogP) is 4.25. The molecule has 2 N–H and O–H groups in total. The summed E-state index contributed by atoms with van der Waals surface area (Å²) in [5.74, 6) is 1.13. The van der Waals surface area contributed by atoms with Crippen LogP contribution in [0.3, 0.4) is 0 Å². The average Bonchev–Trinajstić information content (AvgIpc) is 2.95. The van der Waals surface area contributed by atoms with Gasteiger partial charge in [0.25, 0.3) is 0 Å². The Labute approximate surface area is 154 Å². The molecule has 0 unspecified atom stereocenters. The number of hydrogen-bond donors (Lipinski definition) is 2. The fourth-order valence-electron chi connectivity index (χ4n) is 2.22. The minimum absolute atomic E-state index is 0.0593. The largest absolute Gasteiger partial charge is 0.507 e. The smallest absolute Gasteiger partial charge is 0.216 e. The van der Waals surface area contributed by atoms with Gasteiger partial charge in [0.05, 0.1) is 17.8 Å². The highest BCUT2D eigenvalue weighted by Gasteiger charge is 2.11. The van der Waals surface area contributed by atoms with Crippen molar-refractivity contribution in [2.24, 2.45) is 5.10 Å². The zero-order valence-corrected chi connectivity index (χ0v) is 14.9. The lowest BCUT2D eigenvalue weighted by atomic mass is 10.2. The number of halogens is 1. The topological polar surface area (TPSA) is 75.4 Å². The van der Waals surface area contributed by atoms with E-state index < -0.39 is 0 Å². The fraction of sp³-hybridized carbons (Fsp3) is 0.118. The third kappa shape index (κ3) is 3.72. The van der Waals surface area contributed by atoms with Crippen LogP contribution in [0.15, 0.2) is 47.6 Å². The molecule has 8 heteroatoms. The number of ether oxygens (including phenoxy) is 1. The van der Waals surface area contributed by atoms with Crippen molar-refractivity contribution in [1.29, 1.82) is 0 Å². The number of hydrogen-bond acceptors (Lipinski definition) is 5. The maximum Gasteiger partial charge on any atom is 0.216 e. The first-order valence-corrected chi connectivity index (χ1v) is 8.31. The van der Waals surface area contributed by atoms with Crippen LogP contribution in [0.2, 0.25) is 5.02 Å². The fourth-order valence-corrected chi connectivity index (χ4v) is 2.62. The Morgan fingerprint density at radius 3 is 2.88 bits per heavy atom. The van der Waals surface area contributed by atoms with Crippen molar-refractivity contribution in [3.8, 4) is 22.9 Å². The molecule has 3 rings (SSSR count). The van der Waals surface area contributed by atoms with E-state index in [-0.39, 0.29) is 5.75 Å². The van der Waals surface area contributed by atoms with E-state index in [4.69, 9.17) is 28.6 Å². The van der Waals surface area contributed by atoms with Crippen LogP contribution in [0, 0.1) is 4.77 Å².